The number of halogens is 8. The van der Waals surface area contributed by atoms with E-state index in [2.05, 4.69) is 0 Å². The maximum Gasteiger partial charge on any atom is 0.431 e. The zero-order valence-corrected chi connectivity index (χ0v) is 15.5. The summed E-state index contributed by atoms with van der Waals surface area (Å²) in [6.07, 6.45) is -8.07. The van der Waals surface area contributed by atoms with Crippen LogP contribution in [0.2, 0.25) is 0 Å². The molecule has 0 radical (unpaired) electrons. The minimum atomic E-state index is -5.96. The average Bonchev–Trinajstić information content (AvgIpc) is 2.40. The van der Waals surface area contributed by atoms with E-state index in [0.29, 0.717) is 6.42 Å². The fourth-order valence-corrected chi connectivity index (χ4v) is 3.32. The Morgan fingerprint density at radius 1 is 0.696 bits per heavy atom. The molecule has 0 bridgehead atoms. The maximum atomic E-state index is 13.9. The molecular weight excluding hydrogens is 440 g/mol. The largest absolute Gasteiger partial charge is 0.431 e. The third kappa shape index (κ3) is 6.94. The highest BCUT2D eigenvalue weighted by molar-refractivity contribution is 14.1. The second-order valence-electron chi connectivity index (χ2n) is 6.00. The summed E-state index contributed by atoms with van der Waals surface area (Å²) in [5.41, 5.74) is -5.15. The second-order valence-corrected chi connectivity index (χ2v) is 8.28. The van der Waals surface area contributed by atoms with Crippen LogP contribution in [0.5, 0.6) is 0 Å². The predicted molar refractivity (Wildman–Crippen MR) is 85.6 cm³/mol. The topological polar surface area (TPSA) is 0 Å². The fraction of sp³-hybridized carbons (Fsp3) is 1.00. The Morgan fingerprint density at radius 2 is 1.13 bits per heavy atom. The summed E-state index contributed by atoms with van der Waals surface area (Å²) in [6, 6.07) is 0. The van der Waals surface area contributed by atoms with Gasteiger partial charge in [-0.3, -0.25) is 0 Å². The molecule has 0 saturated heterocycles. The summed E-state index contributed by atoms with van der Waals surface area (Å²) in [5, 5.41) is 0. The number of unbranched alkanes of at least 4 members (excludes halogenated alkanes) is 5. The van der Waals surface area contributed by atoms with Gasteiger partial charge in [0.15, 0.2) is 0 Å². The molecule has 0 aromatic rings. The predicted octanol–water partition coefficient (Wildman–Crippen LogP) is 7.54. The Balaban J connectivity index is 4.86. The molecule has 23 heavy (non-hydrogen) atoms. The lowest BCUT2D eigenvalue weighted by Gasteiger charge is -2.37. The Bertz CT molecular complexity index is 324. The third-order valence-corrected chi connectivity index (χ3v) is 5.75. The first-order valence-electron chi connectivity index (χ1n) is 7.84. The van der Waals surface area contributed by atoms with E-state index in [1.165, 1.54) is 6.92 Å². The van der Waals surface area contributed by atoms with Crippen LogP contribution < -0.4 is 0 Å². The highest BCUT2D eigenvalue weighted by atomic mass is 127. The van der Waals surface area contributed by atoms with Gasteiger partial charge in [0.05, 0.1) is 0 Å². The van der Waals surface area contributed by atoms with E-state index in [-0.39, 0.29) is 12.8 Å². The van der Waals surface area contributed by atoms with Crippen LogP contribution in [0, 0.1) is 0 Å². The lowest BCUT2D eigenvalue weighted by atomic mass is 9.85. The van der Waals surface area contributed by atoms with Crippen molar-refractivity contribution in [1.82, 2.24) is 0 Å². The zero-order chi connectivity index (χ0) is 18.4. The fourth-order valence-electron chi connectivity index (χ4n) is 2.41. The zero-order valence-electron chi connectivity index (χ0n) is 13.4. The molecular formula is C15H24F7I. The Morgan fingerprint density at radius 3 is 1.52 bits per heavy atom. The maximum absolute atomic E-state index is 13.9. The molecule has 0 spiro atoms. The van der Waals surface area contributed by atoms with Crippen LogP contribution in [-0.2, 0) is 0 Å². The highest BCUT2D eigenvalue weighted by Crippen LogP contribution is 2.53. The van der Waals surface area contributed by atoms with E-state index in [0.717, 1.165) is 32.1 Å². The van der Waals surface area contributed by atoms with Gasteiger partial charge in [-0.25, -0.2) is 4.39 Å². The first-order chi connectivity index (χ1) is 10.3. The minimum Gasteiger partial charge on any atom is -0.224 e. The molecule has 0 amide bonds. The standard InChI is InChI=1S/C15H24F7I/c1-3-5-6-7-8-9-10-12(23,4-2)11-13(16,14(17,18)19)15(20,21)22/h3-11H2,1-2H3. The van der Waals surface area contributed by atoms with Crippen molar-refractivity contribution in [2.45, 2.75) is 93.1 Å². The van der Waals surface area contributed by atoms with Crippen molar-refractivity contribution in [3.8, 4) is 0 Å². The van der Waals surface area contributed by atoms with E-state index in [9.17, 15) is 30.7 Å². The molecule has 0 nitrogen and oxygen atoms in total. The van der Waals surface area contributed by atoms with Gasteiger partial charge < -0.3 is 0 Å². The van der Waals surface area contributed by atoms with Gasteiger partial charge in [0.25, 0.3) is 5.67 Å². The van der Waals surface area contributed by atoms with Crippen LogP contribution in [-0.4, -0.2) is 21.4 Å². The van der Waals surface area contributed by atoms with Gasteiger partial charge in [-0.1, -0.05) is 75.0 Å². The molecule has 0 aromatic heterocycles. The van der Waals surface area contributed by atoms with Crippen molar-refractivity contribution in [1.29, 1.82) is 0 Å². The van der Waals surface area contributed by atoms with E-state index < -0.39 is 27.9 Å². The van der Waals surface area contributed by atoms with Gasteiger partial charge >= 0.3 is 12.4 Å². The van der Waals surface area contributed by atoms with Gasteiger partial charge in [-0.15, -0.1) is 0 Å². The van der Waals surface area contributed by atoms with Gasteiger partial charge in [0.2, 0.25) is 0 Å². The quantitative estimate of drug-likeness (QED) is 0.136. The molecule has 0 saturated carbocycles. The monoisotopic (exact) mass is 464 g/mol. The smallest absolute Gasteiger partial charge is 0.224 e. The molecule has 0 rings (SSSR count). The van der Waals surface area contributed by atoms with E-state index >= 15 is 0 Å². The first-order valence-corrected chi connectivity index (χ1v) is 8.92. The van der Waals surface area contributed by atoms with Crippen molar-refractivity contribution in [3.05, 3.63) is 0 Å². The highest BCUT2D eigenvalue weighted by Gasteiger charge is 2.73. The normalized spacial score (nSPS) is 16.4. The van der Waals surface area contributed by atoms with Crippen molar-refractivity contribution in [2.24, 2.45) is 0 Å². The van der Waals surface area contributed by atoms with E-state index in [1.807, 2.05) is 6.92 Å². The molecule has 1 atom stereocenters. The Kier molecular flexibility index (Phi) is 9.18. The molecule has 0 heterocycles. The van der Waals surface area contributed by atoms with Crippen LogP contribution in [0.4, 0.5) is 30.7 Å². The van der Waals surface area contributed by atoms with Crippen molar-refractivity contribution in [2.75, 3.05) is 0 Å². The summed E-state index contributed by atoms with van der Waals surface area (Å²) in [7, 11) is 0. The molecule has 8 heteroatoms. The van der Waals surface area contributed by atoms with E-state index in [1.54, 1.807) is 22.6 Å². The lowest BCUT2D eigenvalue weighted by Crippen LogP contribution is -2.56. The van der Waals surface area contributed by atoms with Crippen molar-refractivity contribution in [3.63, 3.8) is 0 Å². The average molecular weight is 464 g/mol. The molecule has 0 aliphatic rings. The summed E-state index contributed by atoms with van der Waals surface area (Å²) in [6.45, 7) is 3.54. The Labute approximate surface area is 146 Å². The number of rotatable bonds is 10. The first kappa shape index (κ1) is 23.2. The van der Waals surface area contributed by atoms with Gasteiger partial charge in [0.1, 0.15) is 0 Å². The van der Waals surface area contributed by atoms with Crippen LogP contribution >= 0.6 is 22.6 Å². The van der Waals surface area contributed by atoms with E-state index in [4.69, 9.17) is 0 Å². The van der Waals surface area contributed by atoms with Crippen molar-refractivity contribution >= 4 is 22.6 Å². The molecule has 1 unspecified atom stereocenters. The molecule has 0 fully saturated rings. The summed E-state index contributed by atoms with van der Waals surface area (Å²) in [4.78, 5) is 0. The van der Waals surface area contributed by atoms with Crippen LogP contribution in [0.3, 0.4) is 0 Å². The molecule has 0 N–H and O–H groups in total. The van der Waals surface area contributed by atoms with Gasteiger partial charge in [0, 0.05) is 9.84 Å². The van der Waals surface area contributed by atoms with Gasteiger partial charge in [-0.05, 0) is 12.8 Å². The van der Waals surface area contributed by atoms with Crippen LogP contribution in [0.15, 0.2) is 0 Å². The summed E-state index contributed by atoms with van der Waals surface area (Å²) >= 11 is 1.57. The SMILES string of the molecule is CCCCCCCCC(I)(CC)CC(F)(C(F)(F)F)C(F)(F)F. The summed E-state index contributed by atoms with van der Waals surface area (Å²) in [5.74, 6) is 0. The molecule has 140 valence electrons. The third-order valence-electron chi connectivity index (χ3n) is 4.07. The molecule has 0 aromatic carbocycles. The number of hydrogen-bond acceptors (Lipinski definition) is 0. The van der Waals surface area contributed by atoms with Crippen LogP contribution in [0.1, 0.15) is 71.6 Å². The number of hydrogen-bond donors (Lipinski definition) is 0. The Hall–Kier alpha value is 0.240. The second kappa shape index (κ2) is 9.08. The molecule has 0 aliphatic heterocycles. The van der Waals surface area contributed by atoms with Crippen LogP contribution in [0.25, 0.3) is 0 Å². The minimum absolute atomic E-state index is 0.0559. The lowest BCUT2D eigenvalue weighted by molar-refractivity contribution is -0.344. The number of alkyl halides is 8. The van der Waals surface area contributed by atoms with Crippen molar-refractivity contribution < 1.29 is 30.7 Å². The van der Waals surface area contributed by atoms with Gasteiger partial charge in [-0.2, -0.15) is 26.3 Å². The molecule has 0 aliphatic carbocycles. The summed E-state index contributed by atoms with van der Waals surface area (Å²) < 4.78 is 88.7.